The Labute approximate surface area is 174 Å². The molecular weight excluding hydrogens is 384 g/mol. The first-order valence-electron chi connectivity index (χ1n) is 9.86. The summed E-state index contributed by atoms with van der Waals surface area (Å²) in [4.78, 5) is 22.5. The number of amides is 1. The van der Waals surface area contributed by atoms with Crippen LogP contribution in [0.25, 0.3) is 0 Å². The molecule has 3 heterocycles. The Morgan fingerprint density at radius 3 is 2.79 bits per heavy atom. The molecule has 0 saturated carbocycles. The minimum Gasteiger partial charge on any atom is -0.354 e. The van der Waals surface area contributed by atoms with Crippen LogP contribution < -0.4 is 10.2 Å². The van der Waals surface area contributed by atoms with Crippen LogP contribution in [0.15, 0.2) is 18.3 Å². The van der Waals surface area contributed by atoms with Crippen LogP contribution >= 0.6 is 11.3 Å². The lowest BCUT2D eigenvalue weighted by Crippen LogP contribution is -2.47. The van der Waals surface area contributed by atoms with E-state index in [2.05, 4.69) is 32.2 Å². The van der Waals surface area contributed by atoms with E-state index in [1.807, 2.05) is 6.07 Å². The zero-order valence-corrected chi connectivity index (χ0v) is 17.0. The summed E-state index contributed by atoms with van der Waals surface area (Å²) in [6.45, 7) is 4.03. The minimum atomic E-state index is -0.0350. The van der Waals surface area contributed by atoms with Crippen LogP contribution in [0.5, 0.6) is 0 Å². The van der Waals surface area contributed by atoms with E-state index in [4.69, 9.17) is 5.26 Å². The Bertz CT molecular complexity index is 994. The Balaban J connectivity index is 1.26. The SMILES string of the molecule is N#Cc1ccnc(N2CCN(CCC(=O)Nc3sc4c(c3C#N)CCC4)CC2)c1. The van der Waals surface area contributed by atoms with E-state index in [1.165, 1.54) is 4.88 Å². The average Bonchev–Trinajstić information content (AvgIpc) is 3.33. The number of aryl methyl sites for hydroxylation is 1. The number of carbonyl (C=O) groups is 1. The summed E-state index contributed by atoms with van der Waals surface area (Å²) >= 11 is 1.56. The maximum atomic E-state index is 12.4. The molecule has 2 aromatic rings. The zero-order valence-electron chi connectivity index (χ0n) is 16.1. The number of aromatic nitrogens is 1. The first-order chi connectivity index (χ1) is 14.2. The number of nitriles is 2. The largest absolute Gasteiger partial charge is 0.354 e. The molecule has 1 N–H and O–H groups in total. The Hall–Kier alpha value is -2.94. The summed E-state index contributed by atoms with van der Waals surface area (Å²) in [5, 5.41) is 22.2. The first-order valence-corrected chi connectivity index (χ1v) is 10.7. The van der Waals surface area contributed by atoms with Crippen LogP contribution in [-0.2, 0) is 17.6 Å². The van der Waals surface area contributed by atoms with E-state index >= 15 is 0 Å². The van der Waals surface area contributed by atoms with Crippen LogP contribution in [0.2, 0.25) is 0 Å². The summed E-state index contributed by atoms with van der Waals surface area (Å²) in [5.74, 6) is 0.795. The molecule has 2 aliphatic rings. The topological polar surface area (TPSA) is 96.1 Å². The number of nitrogens with one attached hydrogen (secondary N) is 1. The van der Waals surface area contributed by atoms with E-state index in [0.29, 0.717) is 24.1 Å². The molecule has 7 nitrogen and oxygen atoms in total. The van der Waals surface area contributed by atoms with E-state index < -0.39 is 0 Å². The summed E-state index contributed by atoms with van der Waals surface area (Å²) in [5.41, 5.74) is 2.42. The fourth-order valence-electron chi connectivity index (χ4n) is 3.92. The van der Waals surface area contributed by atoms with Crippen LogP contribution in [0.3, 0.4) is 0 Å². The number of rotatable bonds is 5. The Morgan fingerprint density at radius 1 is 1.21 bits per heavy atom. The fourth-order valence-corrected chi connectivity index (χ4v) is 5.18. The molecule has 148 valence electrons. The van der Waals surface area contributed by atoms with Crippen LogP contribution in [0.4, 0.5) is 10.8 Å². The molecule has 1 aliphatic carbocycles. The maximum absolute atomic E-state index is 12.4. The van der Waals surface area contributed by atoms with Crippen LogP contribution in [0, 0.1) is 22.7 Å². The van der Waals surface area contributed by atoms with Crippen LogP contribution in [-0.4, -0.2) is 48.5 Å². The lowest BCUT2D eigenvalue weighted by molar-refractivity contribution is -0.116. The van der Waals surface area contributed by atoms with Gasteiger partial charge in [0.2, 0.25) is 5.91 Å². The van der Waals surface area contributed by atoms with E-state index in [-0.39, 0.29) is 5.91 Å². The number of piperazine rings is 1. The highest BCUT2D eigenvalue weighted by Crippen LogP contribution is 2.38. The minimum absolute atomic E-state index is 0.0350. The summed E-state index contributed by atoms with van der Waals surface area (Å²) in [6.07, 6.45) is 5.14. The van der Waals surface area contributed by atoms with Gasteiger partial charge in [0.15, 0.2) is 0 Å². The number of hydrogen-bond donors (Lipinski definition) is 1. The van der Waals surface area contributed by atoms with Crippen molar-refractivity contribution in [2.24, 2.45) is 0 Å². The molecule has 0 atom stereocenters. The molecule has 0 radical (unpaired) electrons. The maximum Gasteiger partial charge on any atom is 0.226 e. The second-order valence-corrected chi connectivity index (χ2v) is 8.42. The quantitative estimate of drug-likeness (QED) is 0.820. The number of hydrogen-bond acceptors (Lipinski definition) is 7. The van der Waals surface area contributed by atoms with Crippen molar-refractivity contribution in [1.29, 1.82) is 10.5 Å². The molecule has 1 aliphatic heterocycles. The van der Waals surface area contributed by atoms with Gasteiger partial charge >= 0.3 is 0 Å². The number of nitrogens with zero attached hydrogens (tertiary/aromatic N) is 5. The number of pyridine rings is 1. The van der Waals surface area contributed by atoms with Crippen LogP contribution in [0.1, 0.15) is 34.4 Å². The number of carbonyl (C=O) groups excluding carboxylic acids is 1. The van der Waals surface area contributed by atoms with Crippen molar-refractivity contribution < 1.29 is 4.79 Å². The third-order valence-electron chi connectivity index (χ3n) is 5.51. The van der Waals surface area contributed by atoms with E-state index in [9.17, 15) is 10.1 Å². The number of thiophene rings is 1. The van der Waals surface area contributed by atoms with Gasteiger partial charge in [-0.1, -0.05) is 0 Å². The van der Waals surface area contributed by atoms with Crippen molar-refractivity contribution in [1.82, 2.24) is 9.88 Å². The highest BCUT2D eigenvalue weighted by Gasteiger charge is 2.23. The fraction of sp³-hybridized carbons (Fsp3) is 0.429. The third kappa shape index (κ3) is 4.24. The monoisotopic (exact) mass is 406 g/mol. The first kappa shape index (κ1) is 19.4. The predicted octanol–water partition coefficient (Wildman–Crippen LogP) is 2.53. The highest BCUT2D eigenvalue weighted by molar-refractivity contribution is 7.16. The molecule has 8 heteroatoms. The van der Waals surface area contributed by atoms with Gasteiger partial charge in [-0.25, -0.2) is 4.98 Å². The Kier molecular flexibility index (Phi) is 5.75. The zero-order chi connectivity index (χ0) is 20.2. The van der Waals surface area contributed by atoms with Gasteiger partial charge in [0.25, 0.3) is 0 Å². The van der Waals surface area contributed by atoms with E-state index in [0.717, 1.165) is 61.8 Å². The Morgan fingerprint density at radius 2 is 2.03 bits per heavy atom. The van der Waals surface area contributed by atoms with Crippen molar-refractivity contribution in [3.8, 4) is 12.1 Å². The molecule has 4 rings (SSSR count). The van der Waals surface area contributed by atoms with Crippen molar-refractivity contribution in [3.05, 3.63) is 39.9 Å². The van der Waals surface area contributed by atoms with Gasteiger partial charge in [-0.15, -0.1) is 11.3 Å². The van der Waals surface area contributed by atoms with Crippen molar-refractivity contribution >= 4 is 28.1 Å². The van der Waals surface area contributed by atoms with Gasteiger partial charge in [0.05, 0.1) is 17.2 Å². The van der Waals surface area contributed by atoms with Crippen molar-refractivity contribution in [2.75, 3.05) is 42.9 Å². The second kappa shape index (κ2) is 8.60. The van der Waals surface area contributed by atoms with Gasteiger partial charge in [0, 0.05) is 50.2 Å². The number of anilines is 2. The molecule has 0 bridgehead atoms. The molecule has 2 aromatic heterocycles. The van der Waals surface area contributed by atoms with Crippen molar-refractivity contribution in [3.63, 3.8) is 0 Å². The number of fused-ring (bicyclic) bond motifs is 1. The molecule has 0 aromatic carbocycles. The average molecular weight is 407 g/mol. The summed E-state index contributed by atoms with van der Waals surface area (Å²) in [7, 11) is 0. The molecular formula is C21H22N6OS. The van der Waals surface area contributed by atoms with E-state index in [1.54, 1.807) is 23.6 Å². The van der Waals surface area contributed by atoms with Gasteiger partial charge in [-0.05, 0) is 37.0 Å². The van der Waals surface area contributed by atoms with Gasteiger partial charge in [-0.2, -0.15) is 10.5 Å². The lowest BCUT2D eigenvalue weighted by Gasteiger charge is -2.35. The van der Waals surface area contributed by atoms with Gasteiger partial charge < -0.3 is 10.2 Å². The molecule has 1 amide bonds. The summed E-state index contributed by atoms with van der Waals surface area (Å²) in [6, 6.07) is 7.94. The van der Waals surface area contributed by atoms with Gasteiger partial charge in [-0.3, -0.25) is 9.69 Å². The van der Waals surface area contributed by atoms with Crippen molar-refractivity contribution in [2.45, 2.75) is 25.7 Å². The molecule has 1 fully saturated rings. The molecule has 29 heavy (non-hydrogen) atoms. The molecule has 0 unspecified atom stereocenters. The highest BCUT2D eigenvalue weighted by atomic mass is 32.1. The predicted molar refractivity (Wildman–Crippen MR) is 112 cm³/mol. The lowest BCUT2D eigenvalue weighted by atomic mass is 10.1. The third-order valence-corrected chi connectivity index (χ3v) is 6.72. The second-order valence-electron chi connectivity index (χ2n) is 7.31. The smallest absolute Gasteiger partial charge is 0.226 e. The normalized spacial score (nSPS) is 16.1. The standard InChI is InChI=1S/C21H22N6OS/c22-13-15-4-6-24-19(12-15)27-10-8-26(9-11-27)7-5-20(28)25-21-17(14-23)16-2-1-3-18(16)29-21/h4,6,12H,1-3,5,7-11H2,(H,25,28). The summed E-state index contributed by atoms with van der Waals surface area (Å²) < 4.78 is 0. The molecule has 1 saturated heterocycles. The van der Waals surface area contributed by atoms with Gasteiger partial charge in [0.1, 0.15) is 16.9 Å². The molecule has 0 spiro atoms.